The van der Waals surface area contributed by atoms with Crippen LogP contribution in [0.25, 0.3) is 0 Å². The van der Waals surface area contributed by atoms with Gasteiger partial charge in [0.2, 0.25) is 5.91 Å². The van der Waals surface area contributed by atoms with E-state index in [-0.39, 0.29) is 11.9 Å². The smallest absolute Gasteiger partial charge is 0.305 e. The van der Waals surface area contributed by atoms with Crippen LogP contribution in [0, 0.1) is 5.92 Å². The average Bonchev–Trinajstić information content (AvgIpc) is 2.87. The van der Waals surface area contributed by atoms with Gasteiger partial charge >= 0.3 is 5.97 Å². The summed E-state index contributed by atoms with van der Waals surface area (Å²) in [6, 6.07) is 0. The number of hydrogen-bond donors (Lipinski definition) is 0. The minimum Gasteiger partial charge on any atom is -0.466 e. The Morgan fingerprint density at radius 3 is 1.69 bits per heavy atom. The van der Waals surface area contributed by atoms with Crippen molar-refractivity contribution in [3.63, 3.8) is 0 Å². The largest absolute Gasteiger partial charge is 0.466 e. The minimum absolute atomic E-state index is 0.113. The van der Waals surface area contributed by atoms with E-state index < -0.39 is 0 Å². The molecular weight excluding hydrogens is 450 g/mol. The number of allylic oxidation sites excluding steroid dienone is 1. The molecule has 0 unspecified atom stereocenters. The first-order valence-corrected chi connectivity index (χ1v) is 15.0. The van der Waals surface area contributed by atoms with Gasteiger partial charge in [0.15, 0.2) is 0 Å². The Labute approximate surface area is 223 Å². The second kappa shape index (κ2) is 29.6. The predicted molar refractivity (Wildman–Crippen MR) is 153 cm³/mol. The predicted octanol–water partition coefficient (Wildman–Crippen LogP) is 8.45. The van der Waals surface area contributed by atoms with Gasteiger partial charge in [-0.2, -0.15) is 0 Å². The first kappa shape index (κ1) is 36.5. The molecule has 0 fully saturated rings. The molecule has 0 radical (unpaired) electrons. The van der Waals surface area contributed by atoms with Crippen LogP contribution in [-0.2, 0) is 19.1 Å². The topological polar surface area (TPSA) is 63.7 Å². The Hall–Kier alpha value is -1.65. The monoisotopic (exact) mass is 509 g/mol. The second-order valence-electron chi connectivity index (χ2n) is 10.1. The normalized spacial score (nSPS) is 10.8. The number of carbonyl (C=O) groups is 3. The lowest BCUT2D eigenvalue weighted by atomic mass is 10.0. The molecule has 36 heavy (non-hydrogen) atoms. The Kier molecular flexibility index (Phi) is 30.0. The molecule has 1 amide bonds. The van der Waals surface area contributed by atoms with Gasteiger partial charge in [0.1, 0.15) is 6.29 Å². The third kappa shape index (κ3) is 28.6. The van der Waals surface area contributed by atoms with Crippen LogP contribution in [-0.4, -0.2) is 43.3 Å². The molecule has 0 aliphatic carbocycles. The van der Waals surface area contributed by atoms with Gasteiger partial charge in [0.25, 0.3) is 0 Å². The third-order valence-electron chi connectivity index (χ3n) is 6.26. The number of nitrogens with zero attached hydrogens (tertiary/aromatic N) is 1. The zero-order valence-corrected chi connectivity index (χ0v) is 24.5. The summed E-state index contributed by atoms with van der Waals surface area (Å²) in [7, 11) is 1.71. The Morgan fingerprint density at radius 2 is 1.19 bits per heavy atom. The van der Waals surface area contributed by atoms with Crippen molar-refractivity contribution >= 4 is 18.2 Å². The van der Waals surface area contributed by atoms with Crippen molar-refractivity contribution in [2.45, 2.75) is 143 Å². The standard InChI is InChI=1S/C29H53NO4.C2H6/c1-27(2)21-16-13-11-9-7-5-4-6-8-10-12-14-19-26-34-29(33)23-17-15-18-24-30(3)28(32)22-20-25-31;1-2/h20,22,25,27H,4-19,21,23-24,26H2,1-3H3;1-2H3/b22-20-;. The fourth-order valence-corrected chi connectivity index (χ4v) is 4.01. The maximum absolute atomic E-state index is 11.8. The fraction of sp³-hybridized carbons (Fsp3) is 0.839. The van der Waals surface area contributed by atoms with Crippen LogP contribution < -0.4 is 0 Å². The zero-order chi connectivity index (χ0) is 27.3. The van der Waals surface area contributed by atoms with Crippen molar-refractivity contribution in [3.8, 4) is 0 Å². The van der Waals surface area contributed by atoms with Crippen LogP contribution in [0.3, 0.4) is 0 Å². The van der Waals surface area contributed by atoms with Crippen molar-refractivity contribution in [2.75, 3.05) is 20.2 Å². The molecule has 0 bridgehead atoms. The van der Waals surface area contributed by atoms with Gasteiger partial charge in [-0.1, -0.05) is 118 Å². The van der Waals surface area contributed by atoms with Gasteiger partial charge in [0.05, 0.1) is 6.61 Å². The molecule has 0 aliphatic heterocycles. The van der Waals surface area contributed by atoms with Crippen LogP contribution in [0.1, 0.15) is 143 Å². The highest BCUT2D eigenvalue weighted by Gasteiger charge is 2.06. The van der Waals surface area contributed by atoms with E-state index in [1.54, 1.807) is 11.9 Å². The average molecular weight is 510 g/mol. The SMILES string of the molecule is CC.CC(C)CCCCCCCCCCCCCCCOC(=O)CCCCCN(C)C(=O)/C=C\C=O. The maximum Gasteiger partial charge on any atom is 0.305 e. The molecule has 0 aromatic rings. The third-order valence-corrected chi connectivity index (χ3v) is 6.26. The Morgan fingerprint density at radius 1 is 0.722 bits per heavy atom. The number of likely N-dealkylation sites (N-methyl/N-ethyl adjacent to an activating group) is 1. The highest BCUT2D eigenvalue weighted by Crippen LogP contribution is 2.14. The summed E-state index contributed by atoms with van der Waals surface area (Å²) < 4.78 is 5.33. The molecule has 0 saturated carbocycles. The number of aldehydes is 1. The van der Waals surface area contributed by atoms with Crippen molar-refractivity contribution in [1.82, 2.24) is 4.90 Å². The number of amides is 1. The van der Waals surface area contributed by atoms with Crippen LogP contribution in [0.15, 0.2) is 12.2 Å². The van der Waals surface area contributed by atoms with Crippen molar-refractivity contribution in [1.29, 1.82) is 0 Å². The fourth-order valence-electron chi connectivity index (χ4n) is 4.01. The van der Waals surface area contributed by atoms with Gasteiger partial charge in [-0.25, -0.2) is 0 Å². The lowest BCUT2D eigenvalue weighted by Gasteiger charge is -2.14. The molecule has 0 aliphatic rings. The van der Waals surface area contributed by atoms with Crippen LogP contribution in [0.2, 0.25) is 0 Å². The zero-order valence-electron chi connectivity index (χ0n) is 24.5. The Balaban J connectivity index is 0. The molecule has 0 N–H and O–H groups in total. The van der Waals surface area contributed by atoms with E-state index in [0.29, 0.717) is 25.9 Å². The number of unbranched alkanes of at least 4 members (excludes halogenated alkanes) is 14. The molecule has 0 saturated heterocycles. The molecule has 212 valence electrons. The van der Waals surface area contributed by atoms with E-state index in [1.165, 1.54) is 89.2 Å². The number of rotatable bonds is 24. The highest BCUT2D eigenvalue weighted by molar-refractivity contribution is 5.90. The van der Waals surface area contributed by atoms with Crippen molar-refractivity contribution in [2.24, 2.45) is 5.92 Å². The summed E-state index contributed by atoms with van der Waals surface area (Å²) in [5.74, 6) is 0.567. The van der Waals surface area contributed by atoms with Crippen LogP contribution in [0.4, 0.5) is 0 Å². The quantitative estimate of drug-likeness (QED) is 0.0566. The van der Waals surface area contributed by atoms with Gasteiger partial charge in [0, 0.05) is 26.1 Å². The summed E-state index contributed by atoms with van der Waals surface area (Å²) in [5.41, 5.74) is 0. The molecule has 0 spiro atoms. The van der Waals surface area contributed by atoms with Gasteiger partial charge in [-0.05, 0) is 31.3 Å². The summed E-state index contributed by atoms with van der Waals surface area (Å²) in [4.78, 5) is 35.2. The van der Waals surface area contributed by atoms with E-state index in [4.69, 9.17) is 4.74 Å². The maximum atomic E-state index is 11.8. The van der Waals surface area contributed by atoms with Gasteiger partial charge < -0.3 is 9.64 Å². The van der Waals surface area contributed by atoms with E-state index in [9.17, 15) is 14.4 Å². The van der Waals surface area contributed by atoms with E-state index in [2.05, 4.69) is 13.8 Å². The van der Waals surface area contributed by atoms with Gasteiger partial charge in [-0.3, -0.25) is 14.4 Å². The molecule has 0 aromatic heterocycles. The summed E-state index contributed by atoms with van der Waals surface area (Å²) in [6.45, 7) is 9.78. The molecule has 0 aromatic carbocycles. The van der Waals surface area contributed by atoms with Crippen LogP contribution >= 0.6 is 0 Å². The molecule has 5 nitrogen and oxygen atoms in total. The molecule has 0 atom stereocenters. The van der Waals surface area contributed by atoms with E-state index in [1.807, 2.05) is 13.8 Å². The first-order valence-electron chi connectivity index (χ1n) is 15.0. The second-order valence-corrected chi connectivity index (χ2v) is 10.1. The van der Waals surface area contributed by atoms with Crippen molar-refractivity contribution < 1.29 is 19.1 Å². The molecule has 0 heterocycles. The van der Waals surface area contributed by atoms with E-state index >= 15 is 0 Å². The number of carbonyl (C=O) groups excluding carboxylic acids is 3. The summed E-state index contributed by atoms with van der Waals surface area (Å²) in [5, 5.41) is 0. The highest BCUT2D eigenvalue weighted by atomic mass is 16.5. The molecular formula is C31H59NO4. The summed E-state index contributed by atoms with van der Waals surface area (Å²) in [6.07, 6.45) is 24.6. The van der Waals surface area contributed by atoms with E-state index in [0.717, 1.165) is 38.0 Å². The molecule has 5 heteroatoms. The Bertz CT molecular complexity index is 531. The molecule has 0 rings (SSSR count). The van der Waals surface area contributed by atoms with Crippen LogP contribution in [0.5, 0.6) is 0 Å². The summed E-state index contributed by atoms with van der Waals surface area (Å²) >= 11 is 0. The minimum atomic E-state index is -0.176. The van der Waals surface area contributed by atoms with Gasteiger partial charge in [-0.15, -0.1) is 0 Å². The van der Waals surface area contributed by atoms with Crippen molar-refractivity contribution in [3.05, 3.63) is 12.2 Å². The first-order chi connectivity index (χ1) is 17.5. The number of esters is 1. The lowest BCUT2D eigenvalue weighted by molar-refractivity contribution is -0.144. The number of ether oxygens (including phenoxy) is 1. The lowest BCUT2D eigenvalue weighted by Crippen LogP contribution is -2.25. The number of hydrogen-bond acceptors (Lipinski definition) is 4.